The lowest BCUT2D eigenvalue weighted by molar-refractivity contribution is -0.385. The van der Waals surface area contributed by atoms with Crippen molar-refractivity contribution in [3.63, 3.8) is 0 Å². The molecule has 2 aromatic rings. The van der Waals surface area contributed by atoms with Crippen molar-refractivity contribution in [2.75, 3.05) is 0 Å². The van der Waals surface area contributed by atoms with E-state index in [1.807, 2.05) is 0 Å². The molecule has 1 amide bonds. The molecule has 0 unspecified atom stereocenters. The number of hydrogen-bond acceptors (Lipinski definition) is 6. The van der Waals surface area contributed by atoms with E-state index in [1.54, 1.807) is 4.72 Å². The van der Waals surface area contributed by atoms with E-state index in [9.17, 15) is 23.3 Å². The van der Waals surface area contributed by atoms with Gasteiger partial charge in [0.05, 0.1) is 15.2 Å². The van der Waals surface area contributed by atoms with Gasteiger partial charge < -0.3 is 4.74 Å². The van der Waals surface area contributed by atoms with Crippen LogP contribution in [-0.2, 0) is 10.0 Å². The lowest BCUT2D eigenvalue weighted by atomic mass is 10.1. The lowest BCUT2D eigenvalue weighted by Gasteiger charge is -2.12. The number of amides is 1. The van der Waals surface area contributed by atoms with Crippen molar-refractivity contribution in [3.05, 3.63) is 62.1 Å². The van der Waals surface area contributed by atoms with Gasteiger partial charge in [-0.05, 0) is 38.1 Å². The summed E-state index contributed by atoms with van der Waals surface area (Å²) in [6, 6.07) is 7.81. The number of nitrogens with one attached hydrogen (secondary N) is 1. The normalized spacial score (nSPS) is 11.3. The number of nitro benzene ring substituents is 1. The summed E-state index contributed by atoms with van der Waals surface area (Å²) in [5, 5.41) is 10.9. The minimum absolute atomic E-state index is 0.0527. The summed E-state index contributed by atoms with van der Waals surface area (Å²) in [4.78, 5) is 22.7. The van der Waals surface area contributed by atoms with Gasteiger partial charge in [0.1, 0.15) is 17.1 Å². The van der Waals surface area contributed by atoms with E-state index in [4.69, 9.17) is 27.9 Å². The number of halogens is 2. The maximum absolute atomic E-state index is 12.3. The van der Waals surface area contributed by atoms with Crippen molar-refractivity contribution >= 4 is 44.8 Å². The third kappa shape index (κ3) is 5.09. The lowest BCUT2D eigenvalue weighted by Crippen LogP contribution is -2.36. The Morgan fingerprint density at radius 1 is 1.19 bits per heavy atom. The molecule has 2 aromatic carbocycles. The quantitative estimate of drug-likeness (QED) is 0.540. The summed E-state index contributed by atoms with van der Waals surface area (Å²) in [7, 11) is -3.97. The molecule has 0 radical (unpaired) electrons. The van der Waals surface area contributed by atoms with Crippen molar-refractivity contribution < 1.29 is 22.9 Å². The van der Waals surface area contributed by atoms with Crippen LogP contribution >= 0.6 is 23.2 Å². The van der Waals surface area contributed by atoms with E-state index in [1.165, 1.54) is 38.1 Å². The first-order valence-corrected chi connectivity index (χ1v) is 9.79. The van der Waals surface area contributed by atoms with Crippen LogP contribution in [0, 0.1) is 10.1 Å². The number of nitro groups is 1. The fourth-order valence-corrected chi connectivity index (χ4v) is 2.96. The average Bonchev–Trinajstić information content (AvgIpc) is 2.56. The Kier molecular flexibility index (Phi) is 6.30. The maximum Gasteiger partial charge on any atom is 0.282 e. The van der Waals surface area contributed by atoms with E-state index in [2.05, 4.69) is 0 Å². The third-order valence-corrected chi connectivity index (χ3v) is 5.63. The zero-order chi connectivity index (χ0) is 20.4. The highest BCUT2D eigenvalue weighted by Crippen LogP contribution is 2.33. The fraction of sp³-hybridized carbons (Fsp3) is 0.188. The van der Waals surface area contributed by atoms with Gasteiger partial charge in [0.2, 0.25) is 10.0 Å². The van der Waals surface area contributed by atoms with Crippen LogP contribution in [0.4, 0.5) is 5.69 Å². The van der Waals surface area contributed by atoms with Crippen LogP contribution in [0.15, 0.2) is 36.4 Å². The second-order valence-electron chi connectivity index (χ2n) is 5.64. The second kappa shape index (κ2) is 8.12. The molecule has 0 aliphatic rings. The molecule has 27 heavy (non-hydrogen) atoms. The van der Waals surface area contributed by atoms with Gasteiger partial charge in [-0.25, -0.2) is 13.1 Å². The van der Waals surface area contributed by atoms with Gasteiger partial charge in [0, 0.05) is 17.2 Å². The first-order chi connectivity index (χ1) is 12.5. The molecule has 0 spiro atoms. The van der Waals surface area contributed by atoms with E-state index < -0.39 is 37.4 Å². The van der Waals surface area contributed by atoms with Crippen molar-refractivity contribution in [1.82, 2.24) is 4.72 Å². The minimum atomic E-state index is -3.97. The first kappa shape index (κ1) is 20.9. The predicted octanol–water partition coefficient (Wildman–Crippen LogP) is 4.16. The van der Waals surface area contributed by atoms with Gasteiger partial charge in [0.25, 0.3) is 11.6 Å². The molecule has 1 N–H and O–H groups in total. The zero-order valence-corrected chi connectivity index (χ0v) is 16.4. The molecule has 11 heteroatoms. The molecule has 144 valence electrons. The van der Waals surface area contributed by atoms with Gasteiger partial charge in [-0.3, -0.25) is 14.9 Å². The van der Waals surface area contributed by atoms with Crippen molar-refractivity contribution in [2.24, 2.45) is 0 Å². The largest absolute Gasteiger partial charge is 0.456 e. The Balaban J connectivity index is 2.42. The molecule has 2 rings (SSSR count). The number of carbonyl (C=O) groups is 1. The van der Waals surface area contributed by atoms with Crippen molar-refractivity contribution in [3.8, 4) is 11.5 Å². The Hall–Kier alpha value is -2.36. The molecular formula is C16H14Cl2N2O6S. The maximum atomic E-state index is 12.3. The molecule has 0 heterocycles. The van der Waals surface area contributed by atoms with E-state index in [0.717, 1.165) is 12.1 Å². The van der Waals surface area contributed by atoms with Gasteiger partial charge in [-0.1, -0.05) is 23.2 Å². The Bertz CT molecular complexity index is 1010. The molecule has 8 nitrogen and oxygen atoms in total. The summed E-state index contributed by atoms with van der Waals surface area (Å²) in [6.07, 6.45) is 0. The summed E-state index contributed by atoms with van der Waals surface area (Å²) in [5.41, 5.74) is -1.03. The average molecular weight is 433 g/mol. The van der Waals surface area contributed by atoms with Gasteiger partial charge >= 0.3 is 0 Å². The van der Waals surface area contributed by atoms with Crippen LogP contribution in [-0.4, -0.2) is 24.5 Å². The standard InChI is InChI=1S/C16H14Cl2N2O6S/c1-9(2)27(24,25)19-16(21)12-8-11(4-5-14(12)20(22)23)26-15-6-3-10(17)7-13(15)18/h3-9H,1-2H3,(H,19,21). The number of carbonyl (C=O) groups excluding carboxylic acids is 1. The number of benzene rings is 2. The monoisotopic (exact) mass is 432 g/mol. The highest BCUT2D eigenvalue weighted by molar-refractivity contribution is 7.90. The van der Waals surface area contributed by atoms with Crippen LogP contribution in [0.2, 0.25) is 10.0 Å². The van der Waals surface area contributed by atoms with Crippen LogP contribution in [0.3, 0.4) is 0 Å². The van der Waals surface area contributed by atoms with Crippen molar-refractivity contribution in [2.45, 2.75) is 19.1 Å². The molecule has 0 saturated carbocycles. The molecular weight excluding hydrogens is 419 g/mol. The summed E-state index contributed by atoms with van der Waals surface area (Å²) in [5.74, 6) is -0.879. The molecule has 0 aliphatic heterocycles. The minimum Gasteiger partial charge on any atom is -0.456 e. The number of hydrogen-bond donors (Lipinski definition) is 1. The fourth-order valence-electron chi connectivity index (χ4n) is 1.91. The number of sulfonamides is 1. The van der Waals surface area contributed by atoms with E-state index in [-0.39, 0.29) is 16.5 Å². The van der Waals surface area contributed by atoms with Crippen molar-refractivity contribution in [1.29, 1.82) is 0 Å². The molecule has 0 fully saturated rings. The smallest absolute Gasteiger partial charge is 0.282 e. The Labute approximate surface area is 165 Å². The van der Waals surface area contributed by atoms with Crippen LogP contribution in [0.25, 0.3) is 0 Å². The summed E-state index contributed by atoms with van der Waals surface area (Å²) >= 11 is 11.8. The van der Waals surface area contributed by atoms with Gasteiger partial charge in [-0.15, -0.1) is 0 Å². The van der Waals surface area contributed by atoms with Crippen LogP contribution < -0.4 is 9.46 Å². The van der Waals surface area contributed by atoms with Crippen LogP contribution in [0.1, 0.15) is 24.2 Å². The topological polar surface area (TPSA) is 116 Å². The zero-order valence-electron chi connectivity index (χ0n) is 14.1. The summed E-state index contributed by atoms with van der Waals surface area (Å²) in [6.45, 7) is 2.73. The highest BCUT2D eigenvalue weighted by Gasteiger charge is 2.26. The Morgan fingerprint density at radius 2 is 1.85 bits per heavy atom. The molecule has 0 bridgehead atoms. The first-order valence-electron chi connectivity index (χ1n) is 7.48. The molecule has 0 aromatic heterocycles. The summed E-state index contributed by atoms with van der Waals surface area (Å²) < 4.78 is 31.1. The third-order valence-electron chi connectivity index (χ3n) is 3.39. The predicted molar refractivity (Wildman–Crippen MR) is 101 cm³/mol. The SMILES string of the molecule is CC(C)S(=O)(=O)NC(=O)c1cc(Oc2ccc(Cl)cc2Cl)ccc1[N+](=O)[O-]. The number of ether oxygens (including phenoxy) is 1. The van der Waals surface area contributed by atoms with Gasteiger partial charge in [-0.2, -0.15) is 0 Å². The molecule has 0 saturated heterocycles. The van der Waals surface area contributed by atoms with Gasteiger partial charge in [0.15, 0.2) is 0 Å². The highest BCUT2D eigenvalue weighted by atomic mass is 35.5. The van der Waals surface area contributed by atoms with E-state index in [0.29, 0.717) is 5.02 Å². The number of rotatable bonds is 6. The Morgan fingerprint density at radius 3 is 2.41 bits per heavy atom. The van der Waals surface area contributed by atoms with E-state index >= 15 is 0 Å². The van der Waals surface area contributed by atoms with Crippen LogP contribution in [0.5, 0.6) is 11.5 Å². The number of nitrogens with zero attached hydrogens (tertiary/aromatic N) is 1. The second-order valence-corrected chi connectivity index (χ2v) is 8.72. The molecule has 0 aliphatic carbocycles. The molecule has 0 atom stereocenters.